The minimum Gasteiger partial charge on any atom is -0.349 e. The molecule has 1 aromatic carbocycles. The molecule has 1 heterocycles. The lowest BCUT2D eigenvalue weighted by atomic mass is 10.1. The van der Waals surface area contributed by atoms with Crippen molar-refractivity contribution in [2.45, 2.75) is 25.9 Å². The number of benzene rings is 1. The van der Waals surface area contributed by atoms with Crippen molar-refractivity contribution < 1.29 is 4.79 Å². The molecule has 0 bridgehead atoms. The Kier molecular flexibility index (Phi) is 9.42. The van der Waals surface area contributed by atoms with E-state index in [0.29, 0.717) is 13.0 Å². The van der Waals surface area contributed by atoms with Crippen LogP contribution in [0.15, 0.2) is 48.7 Å². The van der Waals surface area contributed by atoms with Crippen LogP contribution in [0, 0.1) is 6.92 Å². The lowest BCUT2D eigenvalue weighted by molar-refractivity contribution is -0.122. The summed E-state index contributed by atoms with van der Waals surface area (Å²) in [6, 6.07) is 13.1. The van der Waals surface area contributed by atoms with E-state index in [-0.39, 0.29) is 30.7 Å². The Hall–Kier alpha value is -1.62. The maximum Gasteiger partial charge on any atom is 0.237 e. The molecule has 0 unspecified atom stereocenters. The topological polar surface area (TPSA) is 68.0 Å². The Labute approximate surface area is 143 Å². The van der Waals surface area contributed by atoms with Crippen molar-refractivity contribution in [3.05, 3.63) is 65.5 Å². The first kappa shape index (κ1) is 20.4. The first-order valence-corrected chi connectivity index (χ1v) is 6.64. The van der Waals surface area contributed by atoms with Crippen LogP contribution in [-0.4, -0.2) is 16.9 Å². The molecule has 1 amide bonds. The van der Waals surface area contributed by atoms with Crippen LogP contribution in [0.2, 0.25) is 0 Å². The van der Waals surface area contributed by atoms with E-state index < -0.39 is 6.04 Å². The van der Waals surface area contributed by atoms with Gasteiger partial charge in [-0.15, -0.1) is 24.8 Å². The molecule has 0 saturated heterocycles. The summed E-state index contributed by atoms with van der Waals surface area (Å²) in [6.45, 7) is 2.38. The number of hydrogen-bond donors (Lipinski definition) is 2. The van der Waals surface area contributed by atoms with E-state index in [1.165, 1.54) is 0 Å². The lowest BCUT2D eigenvalue weighted by Crippen LogP contribution is -2.41. The van der Waals surface area contributed by atoms with Crippen LogP contribution in [-0.2, 0) is 17.8 Å². The standard InChI is InChI=1S/C16H19N3O.2ClH/c1-12-6-5-9-18-15(12)11-19-16(20)14(17)10-13-7-3-2-4-8-13;;/h2-9,14H,10-11,17H2,1H3,(H,19,20);2*1H/t14-;;/m0../s1. The molecular formula is C16H21Cl2N3O. The molecule has 0 fully saturated rings. The van der Waals surface area contributed by atoms with E-state index in [9.17, 15) is 4.79 Å². The van der Waals surface area contributed by atoms with Crippen LogP contribution in [0.25, 0.3) is 0 Å². The summed E-state index contributed by atoms with van der Waals surface area (Å²) < 4.78 is 0. The number of halogens is 2. The zero-order valence-electron chi connectivity index (χ0n) is 12.4. The number of aryl methyl sites for hydroxylation is 1. The second kappa shape index (κ2) is 10.2. The number of carbonyl (C=O) groups is 1. The first-order chi connectivity index (χ1) is 9.66. The molecule has 4 nitrogen and oxygen atoms in total. The third-order valence-electron chi connectivity index (χ3n) is 3.18. The number of amides is 1. The minimum atomic E-state index is -0.540. The highest BCUT2D eigenvalue weighted by molar-refractivity contribution is 5.85. The summed E-state index contributed by atoms with van der Waals surface area (Å²) in [7, 11) is 0. The number of nitrogens with zero attached hydrogens (tertiary/aromatic N) is 1. The molecule has 2 aromatic rings. The average molecular weight is 342 g/mol. The third kappa shape index (κ3) is 6.02. The number of rotatable bonds is 5. The third-order valence-corrected chi connectivity index (χ3v) is 3.18. The van der Waals surface area contributed by atoms with Gasteiger partial charge in [-0.1, -0.05) is 36.4 Å². The smallest absolute Gasteiger partial charge is 0.237 e. The van der Waals surface area contributed by atoms with Gasteiger partial charge in [0.25, 0.3) is 0 Å². The molecule has 1 aromatic heterocycles. The summed E-state index contributed by atoms with van der Waals surface area (Å²) in [4.78, 5) is 16.2. The van der Waals surface area contributed by atoms with Crippen molar-refractivity contribution in [2.24, 2.45) is 5.73 Å². The predicted octanol–water partition coefficient (Wildman–Crippen LogP) is 2.42. The Morgan fingerprint density at radius 3 is 2.50 bits per heavy atom. The number of pyridine rings is 1. The maximum absolute atomic E-state index is 12.0. The molecule has 22 heavy (non-hydrogen) atoms. The Balaban J connectivity index is 0.00000220. The monoisotopic (exact) mass is 341 g/mol. The molecule has 0 aliphatic heterocycles. The van der Waals surface area contributed by atoms with E-state index in [1.54, 1.807) is 6.20 Å². The molecule has 0 aliphatic rings. The highest BCUT2D eigenvalue weighted by Gasteiger charge is 2.14. The van der Waals surface area contributed by atoms with E-state index in [4.69, 9.17) is 5.73 Å². The zero-order chi connectivity index (χ0) is 14.4. The molecule has 0 spiro atoms. The van der Waals surface area contributed by atoms with E-state index >= 15 is 0 Å². The fourth-order valence-corrected chi connectivity index (χ4v) is 1.97. The van der Waals surface area contributed by atoms with Crippen molar-refractivity contribution in [1.82, 2.24) is 10.3 Å². The SMILES string of the molecule is Cc1cccnc1CNC(=O)[C@@H](N)Cc1ccccc1.Cl.Cl. The second-order valence-corrected chi connectivity index (χ2v) is 4.78. The zero-order valence-corrected chi connectivity index (χ0v) is 14.0. The molecule has 0 aliphatic carbocycles. The number of carbonyl (C=O) groups excluding carboxylic acids is 1. The summed E-state index contributed by atoms with van der Waals surface area (Å²) in [5.41, 5.74) is 8.91. The number of nitrogens with one attached hydrogen (secondary N) is 1. The van der Waals surface area contributed by atoms with Gasteiger partial charge in [-0.05, 0) is 30.5 Å². The fourth-order valence-electron chi connectivity index (χ4n) is 1.97. The molecule has 6 heteroatoms. The van der Waals surface area contributed by atoms with Gasteiger partial charge in [0, 0.05) is 6.20 Å². The molecule has 0 radical (unpaired) electrons. The van der Waals surface area contributed by atoms with E-state index in [0.717, 1.165) is 16.8 Å². The molecule has 1 atom stereocenters. The highest BCUT2D eigenvalue weighted by atomic mass is 35.5. The van der Waals surface area contributed by atoms with Crippen LogP contribution in [0.4, 0.5) is 0 Å². The van der Waals surface area contributed by atoms with Crippen molar-refractivity contribution in [1.29, 1.82) is 0 Å². The van der Waals surface area contributed by atoms with Crippen molar-refractivity contribution in [2.75, 3.05) is 0 Å². The van der Waals surface area contributed by atoms with Crippen LogP contribution in [0.1, 0.15) is 16.8 Å². The Bertz CT molecular complexity index is 579. The predicted molar refractivity (Wildman–Crippen MR) is 93.4 cm³/mol. The van der Waals surface area contributed by atoms with Crippen LogP contribution < -0.4 is 11.1 Å². The van der Waals surface area contributed by atoms with Crippen molar-refractivity contribution in [3.63, 3.8) is 0 Å². The molecular weight excluding hydrogens is 321 g/mol. The number of nitrogens with two attached hydrogens (primary N) is 1. The molecule has 120 valence electrons. The average Bonchev–Trinajstić information content (AvgIpc) is 2.47. The van der Waals surface area contributed by atoms with Crippen molar-refractivity contribution in [3.8, 4) is 0 Å². The lowest BCUT2D eigenvalue weighted by Gasteiger charge is -2.12. The Morgan fingerprint density at radius 1 is 1.18 bits per heavy atom. The Morgan fingerprint density at radius 2 is 1.86 bits per heavy atom. The van der Waals surface area contributed by atoms with Gasteiger partial charge in [0.05, 0.1) is 18.3 Å². The summed E-state index contributed by atoms with van der Waals surface area (Å²) in [6.07, 6.45) is 2.26. The van der Waals surface area contributed by atoms with Gasteiger partial charge in [0.15, 0.2) is 0 Å². The highest BCUT2D eigenvalue weighted by Crippen LogP contribution is 2.04. The molecule has 2 rings (SSSR count). The largest absolute Gasteiger partial charge is 0.349 e. The van der Waals surface area contributed by atoms with Gasteiger partial charge in [0.1, 0.15) is 0 Å². The van der Waals surface area contributed by atoms with Gasteiger partial charge < -0.3 is 11.1 Å². The second-order valence-electron chi connectivity index (χ2n) is 4.78. The van der Waals surface area contributed by atoms with Crippen LogP contribution in [0.3, 0.4) is 0 Å². The normalized spacial score (nSPS) is 10.8. The van der Waals surface area contributed by atoms with Gasteiger partial charge in [-0.2, -0.15) is 0 Å². The van der Waals surface area contributed by atoms with Crippen molar-refractivity contribution >= 4 is 30.7 Å². The van der Waals surface area contributed by atoms with Gasteiger partial charge in [0.2, 0.25) is 5.91 Å². The minimum absolute atomic E-state index is 0. The van der Waals surface area contributed by atoms with E-state index in [1.807, 2.05) is 49.4 Å². The summed E-state index contributed by atoms with van der Waals surface area (Å²) in [5, 5.41) is 2.83. The summed E-state index contributed by atoms with van der Waals surface area (Å²) in [5.74, 6) is -0.154. The number of aromatic nitrogens is 1. The van der Waals surface area contributed by atoms with Gasteiger partial charge in [-0.25, -0.2) is 0 Å². The quantitative estimate of drug-likeness (QED) is 0.877. The molecule has 3 N–H and O–H groups in total. The summed E-state index contributed by atoms with van der Waals surface area (Å²) >= 11 is 0. The van der Waals surface area contributed by atoms with Gasteiger partial charge >= 0.3 is 0 Å². The van der Waals surface area contributed by atoms with Gasteiger partial charge in [-0.3, -0.25) is 9.78 Å². The fraction of sp³-hybridized carbons (Fsp3) is 0.250. The van der Waals surface area contributed by atoms with E-state index in [2.05, 4.69) is 10.3 Å². The van der Waals surface area contributed by atoms with Crippen LogP contribution >= 0.6 is 24.8 Å². The molecule has 0 saturated carbocycles. The maximum atomic E-state index is 12.0. The first-order valence-electron chi connectivity index (χ1n) is 6.64. The number of hydrogen-bond acceptors (Lipinski definition) is 3. The van der Waals surface area contributed by atoms with Crippen LogP contribution in [0.5, 0.6) is 0 Å².